The van der Waals surface area contributed by atoms with E-state index in [1.54, 1.807) is 18.2 Å². The van der Waals surface area contributed by atoms with Crippen LogP contribution in [0.5, 0.6) is 0 Å². The molecule has 1 aliphatic rings. The van der Waals surface area contributed by atoms with E-state index >= 15 is 0 Å². The first kappa shape index (κ1) is 19.0. The molecule has 2 atom stereocenters. The van der Waals surface area contributed by atoms with Gasteiger partial charge in [0.05, 0.1) is 4.92 Å². The van der Waals surface area contributed by atoms with E-state index in [4.69, 9.17) is 0 Å². The van der Waals surface area contributed by atoms with Crippen molar-refractivity contribution in [3.8, 4) is 0 Å². The maximum atomic E-state index is 11.0. The van der Waals surface area contributed by atoms with E-state index in [9.17, 15) is 10.1 Å². The second-order valence-corrected chi connectivity index (χ2v) is 8.74. The van der Waals surface area contributed by atoms with Crippen molar-refractivity contribution in [1.29, 1.82) is 0 Å². The number of hydrogen-bond acceptors (Lipinski definition) is 5. The third-order valence-corrected chi connectivity index (χ3v) is 6.30. The summed E-state index contributed by atoms with van der Waals surface area (Å²) in [5.41, 5.74) is 1.17. The van der Waals surface area contributed by atoms with Gasteiger partial charge < -0.3 is 0 Å². The molecular weight excluding hydrogens is 346 g/mol. The summed E-state index contributed by atoms with van der Waals surface area (Å²) in [4.78, 5) is 18.4. The highest BCUT2D eigenvalue weighted by Gasteiger charge is 2.25. The van der Waals surface area contributed by atoms with Crippen LogP contribution in [0.25, 0.3) is 0 Å². The van der Waals surface area contributed by atoms with Crippen molar-refractivity contribution in [1.82, 2.24) is 9.80 Å². The van der Waals surface area contributed by atoms with Gasteiger partial charge in [-0.1, -0.05) is 12.1 Å². The van der Waals surface area contributed by atoms with Gasteiger partial charge in [0.15, 0.2) is 0 Å². The van der Waals surface area contributed by atoms with E-state index in [0.717, 1.165) is 31.7 Å². The van der Waals surface area contributed by atoms with E-state index in [2.05, 4.69) is 42.8 Å². The zero-order chi connectivity index (χ0) is 18.7. The van der Waals surface area contributed by atoms with Crippen LogP contribution in [0.2, 0.25) is 0 Å². The molecule has 1 aromatic carbocycles. The maximum Gasteiger partial charge on any atom is 0.269 e. The van der Waals surface area contributed by atoms with Gasteiger partial charge in [0.1, 0.15) is 0 Å². The summed E-state index contributed by atoms with van der Waals surface area (Å²) < 4.78 is 0. The predicted molar refractivity (Wildman–Crippen MR) is 107 cm³/mol. The number of rotatable bonds is 7. The minimum absolute atomic E-state index is 0.168. The van der Waals surface area contributed by atoms with Crippen LogP contribution in [0, 0.1) is 23.0 Å². The SMILES string of the molecule is Cc1ccc(CN2CC[C@@H](CN(C)[C@@H](C)c3cccc([N+](=O)[O-])c3)C2)s1. The lowest BCUT2D eigenvalue weighted by Crippen LogP contribution is -2.30. The first-order chi connectivity index (χ1) is 12.4. The third-order valence-electron chi connectivity index (χ3n) is 5.32. The average molecular weight is 374 g/mol. The van der Waals surface area contributed by atoms with Gasteiger partial charge in [-0.05, 0) is 57.5 Å². The molecule has 0 amide bonds. The number of hydrogen-bond donors (Lipinski definition) is 0. The standard InChI is InChI=1S/C20H27N3O2S/c1-15-7-8-20(26-15)14-22-10-9-17(13-22)12-21(3)16(2)18-5-4-6-19(11-18)23(24)25/h4-8,11,16-17H,9-10,12-14H2,1-3H3/t16-,17-/m0/s1. The fourth-order valence-corrected chi connectivity index (χ4v) is 4.65. The monoisotopic (exact) mass is 373 g/mol. The first-order valence-corrected chi connectivity index (χ1v) is 9.96. The number of aryl methyl sites for hydroxylation is 1. The van der Waals surface area contributed by atoms with E-state index in [1.807, 2.05) is 17.4 Å². The highest BCUT2D eigenvalue weighted by Crippen LogP contribution is 2.27. The van der Waals surface area contributed by atoms with Crippen LogP contribution in [0.15, 0.2) is 36.4 Å². The van der Waals surface area contributed by atoms with Gasteiger partial charge >= 0.3 is 0 Å². The molecule has 0 saturated carbocycles. The lowest BCUT2D eigenvalue weighted by Gasteiger charge is -2.27. The van der Waals surface area contributed by atoms with E-state index in [0.29, 0.717) is 5.92 Å². The molecule has 1 saturated heterocycles. The quantitative estimate of drug-likeness (QED) is 0.530. The van der Waals surface area contributed by atoms with Crippen LogP contribution in [-0.4, -0.2) is 41.4 Å². The molecule has 0 bridgehead atoms. The molecule has 0 unspecified atom stereocenters. The van der Waals surface area contributed by atoms with Crippen molar-refractivity contribution >= 4 is 17.0 Å². The Morgan fingerprint density at radius 3 is 2.88 bits per heavy atom. The molecule has 1 fully saturated rings. The second kappa shape index (κ2) is 8.29. The minimum atomic E-state index is -0.322. The summed E-state index contributed by atoms with van der Waals surface area (Å²) in [7, 11) is 2.12. The molecular formula is C20H27N3O2S. The maximum absolute atomic E-state index is 11.0. The fraction of sp³-hybridized carbons (Fsp3) is 0.500. The Bertz CT molecular complexity index is 761. The molecule has 0 radical (unpaired) electrons. The Balaban J connectivity index is 1.54. The molecule has 140 valence electrons. The summed E-state index contributed by atoms with van der Waals surface area (Å²) >= 11 is 1.89. The summed E-state index contributed by atoms with van der Waals surface area (Å²) in [6.07, 6.45) is 1.22. The summed E-state index contributed by atoms with van der Waals surface area (Å²) in [5, 5.41) is 11.0. The smallest absolute Gasteiger partial charge is 0.269 e. The lowest BCUT2D eigenvalue weighted by atomic mass is 10.0. The number of nitro groups is 1. The Morgan fingerprint density at radius 2 is 2.19 bits per heavy atom. The van der Waals surface area contributed by atoms with Crippen molar-refractivity contribution in [3.63, 3.8) is 0 Å². The zero-order valence-corrected chi connectivity index (χ0v) is 16.5. The van der Waals surface area contributed by atoms with Gasteiger partial charge in [-0.2, -0.15) is 0 Å². The van der Waals surface area contributed by atoms with Crippen LogP contribution in [0.3, 0.4) is 0 Å². The molecule has 26 heavy (non-hydrogen) atoms. The molecule has 0 spiro atoms. The molecule has 0 aliphatic carbocycles. The highest BCUT2D eigenvalue weighted by atomic mass is 32.1. The molecule has 2 heterocycles. The number of likely N-dealkylation sites (tertiary alicyclic amines) is 1. The van der Waals surface area contributed by atoms with Gasteiger partial charge in [-0.15, -0.1) is 11.3 Å². The van der Waals surface area contributed by atoms with Crippen molar-refractivity contribution in [2.45, 2.75) is 32.9 Å². The first-order valence-electron chi connectivity index (χ1n) is 9.14. The highest BCUT2D eigenvalue weighted by molar-refractivity contribution is 7.11. The van der Waals surface area contributed by atoms with Gasteiger partial charge in [0.2, 0.25) is 0 Å². The van der Waals surface area contributed by atoms with Crippen LogP contribution < -0.4 is 0 Å². The normalized spacial score (nSPS) is 19.2. The second-order valence-electron chi connectivity index (χ2n) is 7.37. The summed E-state index contributed by atoms with van der Waals surface area (Å²) in [6, 6.07) is 11.6. The molecule has 0 N–H and O–H groups in total. The van der Waals surface area contributed by atoms with E-state index in [-0.39, 0.29) is 16.7 Å². The number of nitrogens with zero attached hydrogens (tertiary/aromatic N) is 3. The van der Waals surface area contributed by atoms with E-state index in [1.165, 1.54) is 16.2 Å². The van der Waals surface area contributed by atoms with Crippen LogP contribution >= 0.6 is 11.3 Å². The Hall–Kier alpha value is -1.76. The van der Waals surface area contributed by atoms with Crippen molar-refractivity contribution in [2.75, 3.05) is 26.7 Å². The fourth-order valence-electron chi connectivity index (χ4n) is 3.71. The van der Waals surface area contributed by atoms with Gasteiger partial charge in [-0.25, -0.2) is 0 Å². The number of non-ortho nitro benzene ring substituents is 1. The predicted octanol–water partition coefficient (Wildman–Crippen LogP) is 4.48. The molecule has 3 rings (SSSR count). The third kappa shape index (κ3) is 4.69. The summed E-state index contributed by atoms with van der Waals surface area (Å²) in [6.45, 7) is 8.64. The largest absolute Gasteiger partial charge is 0.299 e. The molecule has 6 heteroatoms. The Kier molecular flexibility index (Phi) is 6.06. The number of benzene rings is 1. The molecule has 1 aliphatic heterocycles. The Morgan fingerprint density at radius 1 is 1.38 bits per heavy atom. The van der Waals surface area contributed by atoms with Crippen LogP contribution in [0.1, 0.15) is 34.7 Å². The van der Waals surface area contributed by atoms with Gasteiger partial charge in [0.25, 0.3) is 5.69 Å². The van der Waals surface area contributed by atoms with Crippen molar-refractivity contribution < 1.29 is 4.92 Å². The van der Waals surface area contributed by atoms with Crippen molar-refractivity contribution in [2.24, 2.45) is 5.92 Å². The van der Waals surface area contributed by atoms with Crippen LogP contribution in [-0.2, 0) is 6.54 Å². The Labute approximate surface area is 159 Å². The number of thiophene rings is 1. The molecule has 5 nitrogen and oxygen atoms in total. The average Bonchev–Trinajstić information content (AvgIpc) is 3.23. The van der Waals surface area contributed by atoms with Crippen molar-refractivity contribution in [3.05, 3.63) is 61.8 Å². The molecule has 1 aromatic heterocycles. The minimum Gasteiger partial charge on any atom is -0.299 e. The van der Waals surface area contributed by atoms with E-state index < -0.39 is 0 Å². The van der Waals surface area contributed by atoms with Gasteiger partial charge in [0, 0.05) is 47.6 Å². The summed E-state index contributed by atoms with van der Waals surface area (Å²) in [5.74, 6) is 0.655. The topological polar surface area (TPSA) is 49.6 Å². The van der Waals surface area contributed by atoms with Crippen LogP contribution in [0.4, 0.5) is 5.69 Å². The zero-order valence-electron chi connectivity index (χ0n) is 15.7. The molecule has 2 aromatic rings. The van der Waals surface area contributed by atoms with Gasteiger partial charge in [-0.3, -0.25) is 19.9 Å². The number of nitro benzene ring substituents is 1. The lowest BCUT2D eigenvalue weighted by molar-refractivity contribution is -0.384.